The summed E-state index contributed by atoms with van der Waals surface area (Å²) in [5, 5.41) is 3.39. The van der Waals surface area contributed by atoms with E-state index in [1.807, 2.05) is 6.07 Å². The van der Waals surface area contributed by atoms with Gasteiger partial charge in [-0.2, -0.15) is 0 Å². The second-order valence-corrected chi connectivity index (χ2v) is 8.05. The number of hydrogen-bond acceptors (Lipinski definition) is 2. The van der Waals surface area contributed by atoms with Crippen LogP contribution in [-0.4, -0.2) is 36.0 Å². The van der Waals surface area contributed by atoms with Crippen LogP contribution in [0.5, 0.6) is 0 Å². The number of benzene rings is 1. The molecule has 1 amide bonds. The zero-order valence-electron chi connectivity index (χ0n) is 14.9. The maximum Gasteiger partial charge on any atom is 0.251 e. The number of carbonyl (C=O) groups excluding carboxylic acids is 1. The van der Waals surface area contributed by atoms with Crippen molar-refractivity contribution in [3.63, 3.8) is 0 Å². The fraction of sp³-hybridized carbons (Fsp3) is 0.667. The highest BCUT2D eigenvalue weighted by Crippen LogP contribution is 2.33. The summed E-state index contributed by atoms with van der Waals surface area (Å²) in [5.74, 6) is 0.168. The molecule has 0 unspecified atom stereocenters. The standard InChI is InChI=1S/C21H30N2O/c1-23-17-9-6-10-18(23)14-16(13-17)22-21(24)20-12-5-8-15-7-3-2-4-11-19(15)20/h5,8,12,16-18H,2-4,6-7,9-11,13-14H2,1H3,(H,22,24)/t16-,17+,18-. The van der Waals surface area contributed by atoms with Crippen LogP contribution < -0.4 is 5.32 Å². The van der Waals surface area contributed by atoms with Gasteiger partial charge in [-0.15, -0.1) is 0 Å². The smallest absolute Gasteiger partial charge is 0.251 e. The number of hydrogen-bond donors (Lipinski definition) is 1. The molecule has 2 saturated heterocycles. The fourth-order valence-electron chi connectivity index (χ4n) is 5.17. The molecular formula is C21H30N2O. The average molecular weight is 326 g/mol. The largest absolute Gasteiger partial charge is 0.349 e. The molecule has 0 aromatic heterocycles. The minimum absolute atomic E-state index is 0.168. The van der Waals surface area contributed by atoms with Gasteiger partial charge in [-0.25, -0.2) is 0 Å². The first-order valence-electron chi connectivity index (χ1n) is 9.86. The van der Waals surface area contributed by atoms with Crippen LogP contribution in [0.2, 0.25) is 0 Å². The molecule has 0 radical (unpaired) electrons. The average Bonchev–Trinajstić information content (AvgIpc) is 2.81. The van der Waals surface area contributed by atoms with Crippen molar-refractivity contribution in [2.75, 3.05) is 7.05 Å². The van der Waals surface area contributed by atoms with Crippen LogP contribution in [0.25, 0.3) is 0 Å². The van der Waals surface area contributed by atoms with E-state index < -0.39 is 0 Å². The maximum absolute atomic E-state index is 13.0. The third kappa shape index (κ3) is 3.11. The van der Waals surface area contributed by atoms with Gasteiger partial charge < -0.3 is 10.2 Å². The van der Waals surface area contributed by atoms with Crippen LogP contribution in [0.3, 0.4) is 0 Å². The Bertz CT molecular complexity index is 598. The lowest BCUT2D eigenvalue weighted by Crippen LogP contribution is -2.55. The first-order valence-corrected chi connectivity index (χ1v) is 9.86. The van der Waals surface area contributed by atoms with Gasteiger partial charge in [-0.1, -0.05) is 25.0 Å². The summed E-state index contributed by atoms with van der Waals surface area (Å²) in [7, 11) is 2.27. The van der Waals surface area contributed by atoms with Crippen LogP contribution in [-0.2, 0) is 12.8 Å². The normalized spacial score (nSPS) is 30.3. The molecule has 4 rings (SSSR count). The molecule has 2 fully saturated rings. The van der Waals surface area contributed by atoms with Crippen LogP contribution in [0, 0.1) is 0 Å². The lowest BCUT2D eigenvalue weighted by molar-refractivity contribution is 0.0463. The maximum atomic E-state index is 13.0. The molecule has 3 aliphatic rings. The van der Waals surface area contributed by atoms with E-state index in [-0.39, 0.29) is 5.91 Å². The summed E-state index contributed by atoms with van der Waals surface area (Å²) < 4.78 is 0. The van der Waals surface area contributed by atoms with Crippen molar-refractivity contribution in [3.8, 4) is 0 Å². The second-order valence-electron chi connectivity index (χ2n) is 8.05. The van der Waals surface area contributed by atoms with E-state index in [4.69, 9.17) is 0 Å². The van der Waals surface area contributed by atoms with E-state index in [0.717, 1.165) is 31.2 Å². The van der Waals surface area contributed by atoms with Crippen molar-refractivity contribution in [3.05, 3.63) is 34.9 Å². The van der Waals surface area contributed by atoms with Crippen molar-refractivity contribution < 1.29 is 4.79 Å². The molecule has 0 saturated carbocycles. The lowest BCUT2D eigenvalue weighted by Gasteiger charge is -2.47. The Balaban J connectivity index is 1.49. The first kappa shape index (κ1) is 16.1. The Hall–Kier alpha value is -1.35. The van der Waals surface area contributed by atoms with E-state index in [0.29, 0.717) is 18.1 Å². The quantitative estimate of drug-likeness (QED) is 0.841. The molecule has 1 aliphatic carbocycles. The predicted molar refractivity (Wildman–Crippen MR) is 97.4 cm³/mol. The Morgan fingerprint density at radius 2 is 1.79 bits per heavy atom. The fourth-order valence-corrected chi connectivity index (χ4v) is 5.17. The predicted octanol–water partition coefficient (Wildman–Crippen LogP) is 3.70. The minimum atomic E-state index is 0.168. The van der Waals surface area contributed by atoms with Crippen LogP contribution in [0.15, 0.2) is 18.2 Å². The van der Waals surface area contributed by atoms with Gasteiger partial charge in [0.2, 0.25) is 0 Å². The summed E-state index contributed by atoms with van der Waals surface area (Å²) >= 11 is 0. The van der Waals surface area contributed by atoms with E-state index in [2.05, 4.69) is 29.4 Å². The third-order valence-corrected chi connectivity index (χ3v) is 6.57. The zero-order valence-corrected chi connectivity index (χ0v) is 14.9. The molecule has 3 atom stereocenters. The summed E-state index contributed by atoms with van der Waals surface area (Å²) in [6.45, 7) is 0. The number of rotatable bonds is 2. The summed E-state index contributed by atoms with van der Waals surface area (Å²) in [6.07, 6.45) is 12.1. The number of carbonyl (C=O) groups is 1. The molecule has 1 aromatic carbocycles. The number of fused-ring (bicyclic) bond motifs is 3. The molecule has 2 aliphatic heterocycles. The molecule has 3 heteroatoms. The molecule has 130 valence electrons. The summed E-state index contributed by atoms with van der Waals surface area (Å²) in [6, 6.07) is 8.01. The number of nitrogens with zero attached hydrogens (tertiary/aromatic N) is 1. The number of aryl methyl sites for hydroxylation is 1. The van der Waals surface area contributed by atoms with Crippen LogP contribution >= 0.6 is 0 Å². The van der Waals surface area contributed by atoms with Crippen molar-refractivity contribution in [2.24, 2.45) is 0 Å². The Morgan fingerprint density at radius 3 is 2.58 bits per heavy atom. The van der Waals surface area contributed by atoms with Gasteiger partial charge in [0.15, 0.2) is 0 Å². The Kier molecular flexibility index (Phi) is 4.62. The van der Waals surface area contributed by atoms with Gasteiger partial charge in [0.05, 0.1) is 0 Å². The molecule has 2 heterocycles. The van der Waals surface area contributed by atoms with Gasteiger partial charge in [0.1, 0.15) is 0 Å². The first-order chi connectivity index (χ1) is 11.7. The molecule has 24 heavy (non-hydrogen) atoms. The van der Waals surface area contributed by atoms with Gasteiger partial charge in [-0.3, -0.25) is 4.79 Å². The number of amides is 1. The highest BCUT2D eigenvalue weighted by atomic mass is 16.1. The van der Waals surface area contributed by atoms with E-state index in [9.17, 15) is 4.79 Å². The topological polar surface area (TPSA) is 32.3 Å². The van der Waals surface area contributed by atoms with Crippen molar-refractivity contribution in [1.29, 1.82) is 0 Å². The van der Waals surface area contributed by atoms with Gasteiger partial charge in [0.25, 0.3) is 5.91 Å². The second kappa shape index (κ2) is 6.87. The monoisotopic (exact) mass is 326 g/mol. The highest BCUT2D eigenvalue weighted by Gasteiger charge is 2.36. The van der Waals surface area contributed by atoms with Crippen molar-refractivity contribution in [1.82, 2.24) is 10.2 Å². The van der Waals surface area contributed by atoms with E-state index >= 15 is 0 Å². The minimum Gasteiger partial charge on any atom is -0.349 e. The molecule has 1 aromatic rings. The third-order valence-electron chi connectivity index (χ3n) is 6.57. The van der Waals surface area contributed by atoms with Crippen LogP contribution in [0.4, 0.5) is 0 Å². The number of nitrogens with one attached hydrogen (secondary N) is 1. The Morgan fingerprint density at radius 1 is 1.04 bits per heavy atom. The summed E-state index contributed by atoms with van der Waals surface area (Å²) in [4.78, 5) is 15.5. The van der Waals surface area contributed by atoms with E-state index in [1.165, 1.54) is 49.7 Å². The van der Waals surface area contributed by atoms with Gasteiger partial charge in [0, 0.05) is 23.7 Å². The summed E-state index contributed by atoms with van der Waals surface area (Å²) in [5.41, 5.74) is 3.67. The molecule has 2 bridgehead atoms. The van der Waals surface area contributed by atoms with Gasteiger partial charge in [-0.05, 0) is 75.6 Å². The molecular weight excluding hydrogens is 296 g/mol. The number of piperidine rings is 2. The zero-order chi connectivity index (χ0) is 16.5. The molecule has 1 N–H and O–H groups in total. The Labute approximate surface area is 145 Å². The van der Waals surface area contributed by atoms with Crippen LogP contribution in [0.1, 0.15) is 72.9 Å². The van der Waals surface area contributed by atoms with E-state index in [1.54, 1.807) is 0 Å². The molecule has 0 spiro atoms. The SMILES string of the molecule is CN1[C@@H]2CCC[C@H]1C[C@@H](NC(=O)c1cccc3c1CCCCC3)C2. The van der Waals surface area contributed by atoms with Crippen molar-refractivity contribution in [2.45, 2.75) is 82.3 Å². The van der Waals surface area contributed by atoms with Gasteiger partial charge >= 0.3 is 0 Å². The highest BCUT2D eigenvalue weighted by molar-refractivity contribution is 5.96. The molecule has 3 nitrogen and oxygen atoms in total. The lowest BCUT2D eigenvalue weighted by atomic mass is 9.82. The van der Waals surface area contributed by atoms with Crippen molar-refractivity contribution >= 4 is 5.91 Å².